The molecule has 192 valence electrons. The van der Waals surface area contributed by atoms with Crippen LogP contribution in [-0.4, -0.2) is 71.8 Å². The molecule has 2 saturated heterocycles. The van der Waals surface area contributed by atoms with Crippen molar-refractivity contribution >= 4 is 53.7 Å². The number of hydrogen-bond acceptors (Lipinski definition) is 10. The van der Waals surface area contributed by atoms with E-state index in [9.17, 15) is 18.1 Å². The number of imidazole rings is 1. The molecule has 4 aromatic rings. The SMILES string of the molecule is CCc1nc2sc(N3CC4(C3)CN(S(C)(=O)=O)C4)nn2c1N(C)c1nc(-c2ccc(F)cc2)c(C#N)s1. The van der Waals surface area contributed by atoms with Crippen LogP contribution in [0.5, 0.6) is 0 Å². The molecular formula is C23H23FN8O2S3. The van der Waals surface area contributed by atoms with Crippen LogP contribution < -0.4 is 9.80 Å². The first-order valence-corrected chi connectivity index (χ1v) is 15.1. The Labute approximate surface area is 221 Å². The summed E-state index contributed by atoms with van der Waals surface area (Å²) in [5.41, 5.74) is 2.07. The maximum atomic E-state index is 13.4. The normalized spacial score (nSPS) is 17.1. The van der Waals surface area contributed by atoms with Gasteiger partial charge >= 0.3 is 0 Å². The minimum atomic E-state index is -3.14. The van der Waals surface area contributed by atoms with Crippen LogP contribution in [0.3, 0.4) is 0 Å². The fourth-order valence-electron chi connectivity index (χ4n) is 4.93. The smallest absolute Gasteiger partial charge is 0.216 e. The Morgan fingerprint density at radius 3 is 2.49 bits per heavy atom. The molecule has 37 heavy (non-hydrogen) atoms. The molecule has 0 aliphatic carbocycles. The molecule has 0 atom stereocenters. The highest BCUT2D eigenvalue weighted by molar-refractivity contribution is 7.88. The van der Waals surface area contributed by atoms with Crippen molar-refractivity contribution in [1.29, 1.82) is 5.26 Å². The van der Waals surface area contributed by atoms with Crippen molar-refractivity contribution in [3.8, 4) is 17.3 Å². The average Bonchev–Trinajstić information content (AvgIpc) is 3.48. The Hall–Kier alpha value is -3.12. The number of halogens is 1. The summed E-state index contributed by atoms with van der Waals surface area (Å²) in [6, 6.07) is 8.16. The number of fused-ring (bicyclic) bond motifs is 1. The van der Waals surface area contributed by atoms with Gasteiger partial charge in [0.15, 0.2) is 10.9 Å². The molecule has 1 aromatic carbocycles. The van der Waals surface area contributed by atoms with Gasteiger partial charge in [-0.05, 0) is 30.7 Å². The van der Waals surface area contributed by atoms with E-state index in [-0.39, 0.29) is 11.2 Å². The molecule has 2 fully saturated rings. The number of thiazole rings is 1. The maximum absolute atomic E-state index is 13.4. The number of aryl methyl sites for hydroxylation is 1. The van der Waals surface area contributed by atoms with Gasteiger partial charge in [-0.1, -0.05) is 29.6 Å². The monoisotopic (exact) mass is 558 g/mol. The van der Waals surface area contributed by atoms with Gasteiger partial charge in [0.1, 0.15) is 22.5 Å². The number of nitrogens with zero attached hydrogens (tertiary/aromatic N) is 8. The second-order valence-electron chi connectivity index (χ2n) is 9.55. The van der Waals surface area contributed by atoms with Gasteiger partial charge < -0.3 is 9.80 Å². The van der Waals surface area contributed by atoms with E-state index in [4.69, 9.17) is 15.1 Å². The molecule has 2 aliphatic heterocycles. The summed E-state index contributed by atoms with van der Waals surface area (Å²) in [5.74, 6) is 0.438. The maximum Gasteiger partial charge on any atom is 0.216 e. The Balaban J connectivity index is 1.28. The molecule has 0 saturated carbocycles. The summed E-state index contributed by atoms with van der Waals surface area (Å²) in [6.45, 7) is 4.67. The number of hydrogen-bond donors (Lipinski definition) is 0. The summed E-state index contributed by atoms with van der Waals surface area (Å²) >= 11 is 2.76. The van der Waals surface area contributed by atoms with Gasteiger partial charge in [-0.25, -0.2) is 27.1 Å². The lowest BCUT2D eigenvalue weighted by molar-refractivity contribution is 0.0399. The summed E-state index contributed by atoms with van der Waals surface area (Å²) in [5, 5.41) is 16.0. The van der Waals surface area contributed by atoms with Crippen LogP contribution in [-0.2, 0) is 16.4 Å². The van der Waals surface area contributed by atoms with E-state index in [2.05, 4.69) is 11.0 Å². The summed E-state index contributed by atoms with van der Waals surface area (Å²) < 4.78 is 40.2. The minimum absolute atomic E-state index is 0.0103. The van der Waals surface area contributed by atoms with E-state index in [0.717, 1.165) is 34.7 Å². The first-order chi connectivity index (χ1) is 17.6. The molecule has 2 aliphatic rings. The Kier molecular flexibility index (Phi) is 5.53. The predicted molar refractivity (Wildman–Crippen MR) is 142 cm³/mol. The summed E-state index contributed by atoms with van der Waals surface area (Å²) in [4.78, 5) is 14.8. The lowest BCUT2D eigenvalue weighted by atomic mass is 9.75. The van der Waals surface area contributed by atoms with Crippen LogP contribution in [0.15, 0.2) is 24.3 Å². The van der Waals surface area contributed by atoms with Gasteiger partial charge in [0.2, 0.25) is 20.1 Å². The second kappa shape index (κ2) is 8.45. The van der Waals surface area contributed by atoms with Gasteiger partial charge in [0.25, 0.3) is 0 Å². The van der Waals surface area contributed by atoms with Crippen molar-refractivity contribution in [2.24, 2.45) is 5.41 Å². The van der Waals surface area contributed by atoms with Gasteiger partial charge in [-0.2, -0.15) is 9.78 Å². The zero-order chi connectivity index (χ0) is 26.1. The molecule has 5 heterocycles. The minimum Gasteiger partial charge on any atom is -0.345 e. The third-order valence-corrected chi connectivity index (χ3v) is 10.0. The summed E-state index contributed by atoms with van der Waals surface area (Å²) in [7, 11) is -1.26. The van der Waals surface area contributed by atoms with Gasteiger partial charge in [-0.3, -0.25) is 0 Å². The Morgan fingerprint density at radius 1 is 1.16 bits per heavy atom. The third kappa shape index (κ3) is 3.97. The van der Waals surface area contributed by atoms with E-state index in [1.807, 2.05) is 23.4 Å². The van der Waals surface area contributed by atoms with Crippen molar-refractivity contribution < 1.29 is 12.8 Å². The van der Waals surface area contributed by atoms with Crippen LogP contribution in [0.2, 0.25) is 0 Å². The van der Waals surface area contributed by atoms with Crippen LogP contribution in [0.25, 0.3) is 16.2 Å². The molecule has 0 bridgehead atoms. The number of aromatic nitrogens is 4. The zero-order valence-corrected chi connectivity index (χ0v) is 22.8. The fourth-order valence-corrected chi connectivity index (χ4v) is 7.71. The molecule has 6 rings (SSSR count). The lowest BCUT2D eigenvalue weighted by Gasteiger charge is -2.59. The highest BCUT2D eigenvalue weighted by Crippen LogP contribution is 2.44. The molecule has 0 unspecified atom stereocenters. The summed E-state index contributed by atoms with van der Waals surface area (Å²) in [6.07, 6.45) is 1.95. The highest BCUT2D eigenvalue weighted by atomic mass is 32.2. The number of nitriles is 1. The van der Waals surface area contributed by atoms with E-state index in [1.165, 1.54) is 45.4 Å². The zero-order valence-electron chi connectivity index (χ0n) is 20.3. The predicted octanol–water partition coefficient (Wildman–Crippen LogP) is 3.34. The van der Waals surface area contributed by atoms with E-state index >= 15 is 0 Å². The first-order valence-electron chi connectivity index (χ1n) is 11.6. The Bertz CT molecular complexity index is 1650. The van der Waals surface area contributed by atoms with E-state index in [0.29, 0.717) is 40.8 Å². The molecule has 1 spiro atoms. The van der Waals surface area contributed by atoms with Crippen LogP contribution in [0.1, 0.15) is 17.5 Å². The molecule has 0 N–H and O–H groups in total. The molecule has 0 amide bonds. The van der Waals surface area contributed by atoms with Gasteiger partial charge in [0.05, 0.1) is 11.9 Å². The van der Waals surface area contributed by atoms with E-state index in [1.54, 1.807) is 12.1 Å². The molecular weight excluding hydrogens is 536 g/mol. The molecule has 3 aromatic heterocycles. The van der Waals surface area contributed by atoms with Crippen molar-refractivity contribution in [2.45, 2.75) is 13.3 Å². The van der Waals surface area contributed by atoms with E-state index < -0.39 is 10.0 Å². The lowest BCUT2D eigenvalue weighted by Crippen LogP contribution is -2.72. The van der Waals surface area contributed by atoms with Crippen molar-refractivity contribution in [2.75, 3.05) is 49.3 Å². The molecule has 14 heteroatoms. The molecule has 0 radical (unpaired) electrons. The highest BCUT2D eigenvalue weighted by Gasteiger charge is 2.55. The van der Waals surface area contributed by atoms with Crippen LogP contribution in [0, 0.1) is 22.6 Å². The number of anilines is 3. The third-order valence-electron chi connectivity index (χ3n) is 6.83. The topological polar surface area (TPSA) is 111 Å². The number of rotatable bonds is 6. The molecule has 10 nitrogen and oxygen atoms in total. The largest absolute Gasteiger partial charge is 0.345 e. The van der Waals surface area contributed by atoms with Crippen molar-refractivity contribution in [1.82, 2.24) is 23.9 Å². The first kappa shape index (κ1) is 24.2. The number of sulfonamides is 1. The van der Waals surface area contributed by atoms with Gasteiger partial charge in [0, 0.05) is 44.2 Å². The second-order valence-corrected chi connectivity index (χ2v) is 13.4. The Morgan fingerprint density at radius 2 is 1.86 bits per heavy atom. The van der Waals surface area contributed by atoms with Gasteiger partial charge in [-0.15, -0.1) is 5.10 Å². The number of benzene rings is 1. The van der Waals surface area contributed by atoms with Crippen LogP contribution in [0.4, 0.5) is 20.5 Å². The quantitative estimate of drug-likeness (QED) is 0.354. The average molecular weight is 559 g/mol. The standard InChI is InChI=1S/C23H23FN8O2S3/c1-4-16-19(29(2)20-27-18(17(9-25)35-20)14-5-7-15(24)8-6-14)32-21(26-16)36-22(28-32)30-10-23(11-30)12-31(13-23)37(3,33)34/h5-8H,4,10-13H2,1-3H3. The van der Waals surface area contributed by atoms with Crippen LogP contribution >= 0.6 is 22.7 Å². The van der Waals surface area contributed by atoms with Crippen molar-refractivity contribution in [3.05, 3.63) is 40.7 Å². The van der Waals surface area contributed by atoms with Crippen molar-refractivity contribution in [3.63, 3.8) is 0 Å². The fraction of sp³-hybridized carbons (Fsp3) is 0.391.